The molecule has 0 aromatic heterocycles. The van der Waals surface area contributed by atoms with Crippen LogP contribution in [-0.4, -0.2) is 17.4 Å². The molecular weight excluding hydrogens is 387 g/mol. The molecule has 1 radical (unpaired) electrons. The Morgan fingerprint density at radius 2 is 0.571 bits per heavy atom. The molecule has 0 heterocycles. The molecule has 0 bridgehead atoms. The summed E-state index contributed by atoms with van der Waals surface area (Å²) in [4.78, 5) is 0. The summed E-state index contributed by atoms with van der Waals surface area (Å²) in [6.07, 6.45) is 0. The van der Waals surface area contributed by atoms with Gasteiger partial charge in [0.2, 0.25) is 0 Å². The molecule has 0 aromatic rings. The molecule has 0 aromatic carbocycles. The van der Waals surface area contributed by atoms with Crippen LogP contribution in [0.3, 0.4) is 0 Å². The van der Waals surface area contributed by atoms with Crippen LogP contribution >= 0.6 is 0 Å². The fourth-order valence-corrected chi connectivity index (χ4v) is 0. The van der Waals surface area contributed by atoms with Gasteiger partial charge in [-0.15, -0.1) is 0 Å². The zero-order valence-electron chi connectivity index (χ0n) is 2.88. The van der Waals surface area contributed by atoms with Crippen LogP contribution < -0.4 is 0 Å². The van der Waals surface area contributed by atoms with Crippen LogP contribution in [-0.2, 0) is 62.4 Å². The SMILES string of the molecule is [Al+3].[O-2].[O-2].[O-2].[O-2].[Pt+2].[Ru+3]. The Hall–Kier alpha value is 1.68. The van der Waals surface area contributed by atoms with E-state index in [1.165, 1.54) is 0 Å². The maximum absolute atomic E-state index is 0. The van der Waals surface area contributed by atoms with Crippen LogP contribution in [0.4, 0.5) is 0 Å². The van der Waals surface area contributed by atoms with Crippen molar-refractivity contribution in [1.82, 2.24) is 0 Å². The van der Waals surface area contributed by atoms with Gasteiger partial charge < -0.3 is 21.9 Å². The summed E-state index contributed by atoms with van der Waals surface area (Å²) in [6, 6.07) is 0. The summed E-state index contributed by atoms with van der Waals surface area (Å²) < 4.78 is 0. The molecule has 0 aliphatic rings. The minimum atomic E-state index is 0. The smallest absolute Gasteiger partial charge is 2.00 e. The molecule has 7 heavy (non-hydrogen) atoms. The maximum Gasteiger partial charge on any atom is 3.00 e. The van der Waals surface area contributed by atoms with Crippen molar-refractivity contribution in [1.29, 1.82) is 0 Å². The molecule has 0 saturated heterocycles. The predicted octanol–water partition coefficient (Wildman–Crippen LogP) is -0.861. The van der Waals surface area contributed by atoms with Crippen molar-refractivity contribution in [2.75, 3.05) is 0 Å². The van der Waals surface area contributed by atoms with Crippen molar-refractivity contribution in [2.45, 2.75) is 0 Å². The molecule has 0 atom stereocenters. The molecule has 7 heteroatoms. The van der Waals surface area contributed by atoms with Gasteiger partial charge in [-0.05, 0) is 0 Å². The standard InChI is InChI=1S/Al.4O.Pt.Ru/q+3;4*-2;+2;+3. The first-order valence-electron chi connectivity index (χ1n) is 0. The van der Waals surface area contributed by atoms with Crippen molar-refractivity contribution in [3.63, 3.8) is 0 Å². The summed E-state index contributed by atoms with van der Waals surface area (Å²) in [5.41, 5.74) is 0. The molecule has 0 unspecified atom stereocenters. The summed E-state index contributed by atoms with van der Waals surface area (Å²) >= 11 is 0. The minimum Gasteiger partial charge on any atom is -2.00 e. The van der Waals surface area contributed by atoms with Crippen molar-refractivity contribution < 1.29 is 62.4 Å². The Labute approximate surface area is 79.4 Å². The molecule has 0 saturated carbocycles. The zero-order valence-corrected chi connectivity index (χ0v) is 8.05. The molecule has 0 rings (SSSR count). The molecule has 0 N–H and O–H groups in total. The van der Waals surface area contributed by atoms with E-state index < -0.39 is 0 Å². The van der Waals surface area contributed by atoms with Crippen molar-refractivity contribution in [3.8, 4) is 0 Å². The molecule has 0 fully saturated rings. The van der Waals surface area contributed by atoms with Crippen LogP contribution in [0.1, 0.15) is 0 Å². The van der Waals surface area contributed by atoms with Crippen molar-refractivity contribution in [3.05, 3.63) is 0 Å². The van der Waals surface area contributed by atoms with Crippen LogP contribution in [0.2, 0.25) is 0 Å². The van der Waals surface area contributed by atoms with Gasteiger partial charge in [-0.25, -0.2) is 0 Å². The van der Waals surface area contributed by atoms with Gasteiger partial charge in [0.1, 0.15) is 0 Å². The Balaban J connectivity index is 0. The normalized spacial score (nSPS) is 0. The summed E-state index contributed by atoms with van der Waals surface area (Å²) in [6.45, 7) is 0. The van der Waals surface area contributed by atoms with Crippen LogP contribution in [0, 0.1) is 0 Å². The monoisotopic (exact) mass is 388 g/mol. The first-order valence-corrected chi connectivity index (χ1v) is 0. The Morgan fingerprint density at radius 3 is 0.571 bits per heavy atom. The first kappa shape index (κ1) is 181. The van der Waals surface area contributed by atoms with E-state index in [9.17, 15) is 0 Å². The van der Waals surface area contributed by atoms with Gasteiger partial charge in [0.15, 0.2) is 0 Å². The fraction of sp³-hybridized carbons (Fsp3) is 0. The van der Waals surface area contributed by atoms with E-state index in [2.05, 4.69) is 0 Å². The first-order chi connectivity index (χ1) is 0. The van der Waals surface area contributed by atoms with E-state index in [0.717, 1.165) is 0 Å². The third-order valence-electron chi connectivity index (χ3n) is 0. The zero-order chi connectivity index (χ0) is 0. The van der Waals surface area contributed by atoms with Gasteiger partial charge in [-0.1, -0.05) is 0 Å². The Kier molecular flexibility index (Phi) is 3130. The average Bonchev–Trinajstić information content (AvgIpc) is 0. The molecule has 0 aliphatic heterocycles. The minimum absolute atomic E-state index is 0. The second-order valence-electron chi connectivity index (χ2n) is 0. The average molecular weight is 387 g/mol. The second-order valence-corrected chi connectivity index (χ2v) is 0. The van der Waals surface area contributed by atoms with Crippen molar-refractivity contribution in [2.24, 2.45) is 0 Å². The van der Waals surface area contributed by atoms with E-state index in [1.54, 1.807) is 0 Å². The second kappa shape index (κ2) is 121. The molecule has 0 aliphatic carbocycles. The molecular formula is AlO4PtRu. The van der Waals surface area contributed by atoms with Crippen LogP contribution in [0.25, 0.3) is 0 Å². The van der Waals surface area contributed by atoms with Gasteiger partial charge in [-0.3, -0.25) is 0 Å². The fourth-order valence-electron chi connectivity index (χ4n) is 0. The number of hydrogen-bond acceptors (Lipinski definition) is 0. The van der Waals surface area contributed by atoms with Crippen molar-refractivity contribution >= 4 is 17.4 Å². The number of rotatable bonds is 0. The van der Waals surface area contributed by atoms with Gasteiger partial charge in [0, 0.05) is 0 Å². The summed E-state index contributed by atoms with van der Waals surface area (Å²) in [5.74, 6) is 0. The van der Waals surface area contributed by atoms with E-state index >= 15 is 0 Å². The third kappa shape index (κ3) is 87.5. The largest absolute Gasteiger partial charge is 3.00 e. The van der Waals surface area contributed by atoms with Crippen LogP contribution in [0.15, 0.2) is 0 Å². The van der Waals surface area contributed by atoms with Gasteiger partial charge in [0.05, 0.1) is 0 Å². The molecule has 45 valence electrons. The third-order valence-corrected chi connectivity index (χ3v) is 0. The van der Waals surface area contributed by atoms with E-state index in [0.29, 0.717) is 0 Å². The topological polar surface area (TPSA) is 114 Å². The van der Waals surface area contributed by atoms with Gasteiger partial charge in [0.25, 0.3) is 0 Å². The molecule has 0 spiro atoms. The number of hydrogen-bond donors (Lipinski definition) is 0. The molecule has 0 amide bonds. The van der Waals surface area contributed by atoms with E-state index in [1.807, 2.05) is 0 Å². The summed E-state index contributed by atoms with van der Waals surface area (Å²) in [5, 5.41) is 0. The van der Waals surface area contributed by atoms with Gasteiger partial charge in [-0.2, -0.15) is 0 Å². The molecule has 4 nitrogen and oxygen atoms in total. The van der Waals surface area contributed by atoms with E-state index in [-0.39, 0.29) is 79.8 Å². The quantitative estimate of drug-likeness (QED) is 0.482. The van der Waals surface area contributed by atoms with E-state index in [4.69, 9.17) is 0 Å². The predicted molar refractivity (Wildman–Crippen MR) is 8.50 cm³/mol. The Bertz CT molecular complexity index is 11.7. The van der Waals surface area contributed by atoms with Gasteiger partial charge >= 0.3 is 57.9 Å². The van der Waals surface area contributed by atoms with Crippen LogP contribution in [0.5, 0.6) is 0 Å². The summed E-state index contributed by atoms with van der Waals surface area (Å²) in [7, 11) is 0. The Morgan fingerprint density at radius 1 is 0.571 bits per heavy atom. The maximum atomic E-state index is 0.